The number of carbonyl (C=O) groups excluding carboxylic acids is 1. The molecule has 0 fully saturated rings. The summed E-state index contributed by atoms with van der Waals surface area (Å²) in [5, 5.41) is 14.1. The van der Waals surface area contributed by atoms with Crippen molar-refractivity contribution in [1.82, 2.24) is 5.32 Å². The summed E-state index contributed by atoms with van der Waals surface area (Å²) in [5.41, 5.74) is 2.47. The van der Waals surface area contributed by atoms with Crippen molar-refractivity contribution in [1.29, 1.82) is 0 Å². The molecule has 0 heterocycles. The fourth-order valence-electron chi connectivity index (χ4n) is 2.86. The van der Waals surface area contributed by atoms with Gasteiger partial charge < -0.3 is 15.2 Å². The van der Waals surface area contributed by atoms with E-state index in [1.807, 2.05) is 12.1 Å². The second-order valence-electron chi connectivity index (χ2n) is 7.25. The van der Waals surface area contributed by atoms with Crippen molar-refractivity contribution in [2.75, 3.05) is 13.7 Å². The van der Waals surface area contributed by atoms with E-state index in [4.69, 9.17) is 4.74 Å². The number of benzene rings is 2. The summed E-state index contributed by atoms with van der Waals surface area (Å²) in [6, 6.07) is 17.0. The predicted octanol–water partition coefficient (Wildman–Crippen LogP) is 3.20. The molecule has 0 aliphatic carbocycles. The average molecular weight is 372 g/mol. The van der Waals surface area contributed by atoms with Crippen LogP contribution >= 0.6 is 0 Å². The maximum absolute atomic E-state index is 11.4. The number of hydrogen-bond donors (Lipinski definition) is 2. The van der Waals surface area contributed by atoms with Crippen molar-refractivity contribution < 1.29 is 14.6 Å². The summed E-state index contributed by atoms with van der Waals surface area (Å²) >= 11 is 0. The smallest absolute Gasteiger partial charge is 0.305 e. The number of ether oxygens (including phenoxy) is 1. The van der Waals surface area contributed by atoms with E-state index in [1.165, 1.54) is 23.4 Å². The number of hydrogen-bond acceptors (Lipinski definition) is 4. The second kappa shape index (κ2) is 9.55. The quantitative estimate of drug-likeness (QED) is 0.404. The molecule has 0 atom stereocenters. The minimum Gasteiger partial charge on any atom is -0.508 e. The Labute approximate surface area is 157 Å². The molecule has 2 aromatic carbocycles. The van der Waals surface area contributed by atoms with Crippen molar-refractivity contribution >= 4 is 19.2 Å². The number of phenolic OH excluding ortho intramolecular Hbond substituents is 1. The van der Waals surface area contributed by atoms with Crippen LogP contribution in [0, 0.1) is 0 Å². The third-order valence-electron chi connectivity index (χ3n) is 4.77. The number of rotatable bonds is 9. The summed E-state index contributed by atoms with van der Waals surface area (Å²) in [5.74, 6) is 0.180. The highest BCUT2D eigenvalue weighted by Gasteiger charge is 2.24. The lowest BCUT2D eigenvalue weighted by Crippen LogP contribution is -2.41. The topological polar surface area (TPSA) is 58.6 Å². The average Bonchev–Trinajstić information content (AvgIpc) is 2.65. The lowest BCUT2D eigenvalue weighted by atomic mass is 10.1. The molecule has 0 aliphatic rings. The Bertz CT molecular complexity index is 696. The molecule has 0 unspecified atom stereocenters. The van der Waals surface area contributed by atoms with Gasteiger partial charge in [-0.15, -0.1) is 0 Å². The minimum absolute atomic E-state index is 0.125. The molecule has 2 rings (SSSR count). The number of phenols is 1. The Balaban J connectivity index is 1.79. The first-order valence-electron chi connectivity index (χ1n) is 9.05. The van der Waals surface area contributed by atoms with Crippen LogP contribution in [0.3, 0.4) is 0 Å². The van der Waals surface area contributed by atoms with E-state index in [0.29, 0.717) is 12.2 Å². The van der Waals surface area contributed by atoms with Crippen LogP contribution in [0.1, 0.15) is 17.5 Å². The van der Waals surface area contributed by atoms with Gasteiger partial charge in [0.1, 0.15) is 5.75 Å². The predicted molar refractivity (Wildman–Crippen MR) is 109 cm³/mol. The van der Waals surface area contributed by atoms with Gasteiger partial charge in [0.15, 0.2) is 0 Å². The van der Waals surface area contributed by atoms with E-state index in [9.17, 15) is 9.90 Å². The summed E-state index contributed by atoms with van der Waals surface area (Å²) in [7, 11) is -0.165. The molecule has 4 nitrogen and oxygen atoms in total. The summed E-state index contributed by atoms with van der Waals surface area (Å²) in [6.07, 6.45) is 1.43. The number of methoxy groups -OCH3 is 1. The van der Waals surface area contributed by atoms with E-state index in [1.54, 1.807) is 12.1 Å². The monoisotopic (exact) mass is 371 g/mol. The van der Waals surface area contributed by atoms with Crippen molar-refractivity contribution in [2.45, 2.75) is 38.5 Å². The first-order valence-corrected chi connectivity index (χ1v) is 12.3. The van der Waals surface area contributed by atoms with Gasteiger partial charge in [-0.3, -0.25) is 4.79 Å². The lowest BCUT2D eigenvalue weighted by Gasteiger charge is -2.22. The molecule has 0 aromatic heterocycles. The van der Waals surface area contributed by atoms with Crippen molar-refractivity contribution in [3.8, 4) is 5.75 Å². The van der Waals surface area contributed by atoms with E-state index < -0.39 is 8.07 Å². The van der Waals surface area contributed by atoms with Gasteiger partial charge >= 0.3 is 5.97 Å². The zero-order chi connectivity index (χ0) is 19.0. The standard InChI is InChI=1S/C21H29NO3Si/c1-25-21(24)13-15-26(2,3)20-10-6-18(7-11-20)16-22-14-12-17-4-8-19(23)9-5-17/h4-11,22-23H,12-16H2,1-3H3. The maximum Gasteiger partial charge on any atom is 0.305 e. The highest BCUT2D eigenvalue weighted by molar-refractivity contribution is 6.89. The van der Waals surface area contributed by atoms with Crippen LogP contribution in [-0.2, 0) is 22.5 Å². The van der Waals surface area contributed by atoms with Gasteiger partial charge in [0, 0.05) is 13.0 Å². The molecule has 2 N–H and O–H groups in total. The lowest BCUT2D eigenvalue weighted by molar-refractivity contribution is -0.140. The molecule has 0 aliphatic heterocycles. The molecule has 140 valence electrons. The van der Waals surface area contributed by atoms with Crippen molar-refractivity contribution in [3.05, 3.63) is 59.7 Å². The van der Waals surface area contributed by atoms with E-state index in [-0.39, 0.29) is 5.97 Å². The zero-order valence-corrected chi connectivity index (χ0v) is 16.9. The van der Waals surface area contributed by atoms with Crippen LogP contribution in [0.4, 0.5) is 0 Å². The Hall–Kier alpha value is -2.11. The first-order chi connectivity index (χ1) is 12.4. The molecule has 0 saturated carbocycles. The van der Waals surface area contributed by atoms with Crippen LogP contribution in [-0.4, -0.2) is 32.8 Å². The van der Waals surface area contributed by atoms with Crippen molar-refractivity contribution in [3.63, 3.8) is 0 Å². The second-order valence-corrected chi connectivity index (χ2v) is 12.1. The molecule has 0 amide bonds. The van der Waals surface area contributed by atoms with Gasteiger partial charge in [0.2, 0.25) is 0 Å². The third kappa shape index (κ3) is 6.31. The molecular weight excluding hydrogens is 342 g/mol. The van der Waals surface area contributed by atoms with Crippen LogP contribution in [0.2, 0.25) is 19.1 Å². The molecule has 0 spiro atoms. The van der Waals surface area contributed by atoms with Crippen molar-refractivity contribution in [2.24, 2.45) is 0 Å². The Morgan fingerprint density at radius 3 is 2.27 bits per heavy atom. The third-order valence-corrected chi connectivity index (χ3v) is 8.17. The van der Waals surface area contributed by atoms with Gasteiger partial charge in [0.05, 0.1) is 15.2 Å². The van der Waals surface area contributed by atoms with E-state index in [2.05, 4.69) is 42.7 Å². The van der Waals surface area contributed by atoms with Gasteiger partial charge in [-0.05, 0) is 42.3 Å². The first kappa shape index (κ1) is 20.2. The van der Waals surface area contributed by atoms with E-state index >= 15 is 0 Å². The Morgan fingerprint density at radius 2 is 1.65 bits per heavy atom. The fourth-order valence-corrected chi connectivity index (χ4v) is 5.05. The van der Waals surface area contributed by atoms with Gasteiger partial charge in [-0.25, -0.2) is 0 Å². The molecule has 0 saturated heterocycles. The minimum atomic E-state index is -1.61. The molecule has 2 aromatic rings. The van der Waals surface area contributed by atoms with Crippen LogP contribution in [0.5, 0.6) is 5.75 Å². The zero-order valence-electron chi connectivity index (χ0n) is 15.9. The number of nitrogens with one attached hydrogen (secondary N) is 1. The van der Waals surface area contributed by atoms with Gasteiger partial charge in [-0.1, -0.05) is 54.7 Å². The van der Waals surface area contributed by atoms with Crippen LogP contribution in [0.25, 0.3) is 0 Å². The van der Waals surface area contributed by atoms with Gasteiger partial charge in [-0.2, -0.15) is 0 Å². The van der Waals surface area contributed by atoms with Crippen LogP contribution in [0.15, 0.2) is 48.5 Å². The molecule has 26 heavy (non-hydrogen) atoms. The number of esters is 1. The number of aromatic hydroxyl groups is 1. The SMILES string of the molecule is COC(=O)CC[Si](C)(C)c1ccc(CNCCc2ccc(O)cc2)cc1. The number of carbonyl (C=O) groups is 1. The fraction of sp³-hybridized carbons (Fsp3) is 0.381. The molecular formula is C21H29NO3Si. The maximum atomic E-state index is 11.4. The van der Waals surface area contributed by atoms with Gasteiger partial charge in [0.25, 0.3) is 0 Å². The van der Waals surface area contributed by atoms with Crippen LogP contribution < -0.4 is 10.5 Å². The van der Waals surface area contributed by atoms with E-state index in [0.717, 1.165) is 25.6 Å². The Morgan fingerprint density at radius 1 is 1.04 bits per heavy atom. The summed E-state index contributed by atoms with van der Waals surface area (Å²) < 4.78 is 4.76. The normalized spacial score (nSPS) is 11.3. The molecule has 5 heteroatoms. The summed E-state index contributed by atoms with van der Waals surface area (Å²) in [4.78, 5) is 11.4. The highest BCUT2D eigenvalue weighted by Crippen LogP contribution is 2.14. The summed E-state index contributed by atoms with van der Waals surface area (Å²) in [6.45, 7) is 6.32. The largest absolute Gasteiger partial charge is 0.508 e. The Kier molecular flexibility index (Phi) is 7.42. The highest BCUT2D eigenvalue weighted by atomic mass is 28.3. The molecule has 0 radical (unpaired) electrons. The molecule has 0 bridgehead atoms.